The van der Waals surface area contributed by atoms with Crippen molar-refractivity contribution in [3.05, 3.63) is 194 Å². The van der Waals surface area contributed by atoms with E-state index in [2.05, 4.69) is 6.07 Å². The Morgan fingerprint density at radius 2 is 0.906 bits per heavy atom. The quantitative estimate of drug-likeness (QED) is 0.175. The highest BCUT2D eigenvalue weighted by Gasteiger charge is 2.21. The molecule has 248 valence electrons. The maximum Gasteiger partial charge on any atom is 0.166 e. The molecule has 0 fully saturated rings. The Kier molecular flexibility index (Phi) is 5.66. The molecule has 4 heteroatoms. The van der Waals surface area contributed by atoms with Gasteiger partial charge in [-0.15, -0.1) is 0 Å². The van der Waals surface area contributed by atoms with E-state index in [1.165, 1.54) is 4.57 Å². The zero-order valence-electron chi connectivity index (χ0n) is 36.1. The van der Waals surface area contributed by atoms with Gasteiger partial charge in [-0.25, -0.2) is 15.0 Å². The molecular weight excluding hydrogens is 645 g/mol. The maximum absolute atomic E-state index is 9.31. The van der Waals surface area contributed by atoms with Gasteiger partial charge in [0.2, 0.25) is 0 Å². The van der Waals surface area contributed by atoms with E-state index < -0.39 is 48.3 Å². The van der Waals surface area contributed by atoms with Gasteiger partial charge in [0.15, 0.2) is 17.5 Å². The third-order valence-corrected chi connectivity index (χ3v) is 9.51. The van der Waals surface area contributed by atoms with Gasteiger partial charge in [0.1, 0.15) is 0 Å². The summed E-state index contributed by atoms with van der Waals surface area (Å²) in [5.41, 5.74) is 5.86. The number of fused-ring (bicyclic) bond motifs is 4. The summed E-state index contributed by atoms with van der Waals surface area (Å²) in [5, 5.41) is 1.89. The van der Waals surface area contributed by atoms with Gasteiger partial charge in [0.25, 0.3) is 0 Å². The number of benzene rings is 8. The van der Waals surface area contributed by atoms with Crippen LogP contribution in [0, 0.1) is 0 Å². The maximum atomic E-state index is 9.31. The van der Waals surface area contributed by atoms with E-state index in [9.17, 15) is 2.74 Å². The van der Waals surface area contributed by atoms with Gasteiger partial charge >= 0.3 is 0 Å². The number of hydrogen-bond donors (Lipinski definition) is 0. The van der Waals surface area contributed by atoms with Crippen molar-refractivity contribution in [1.29, 1.82) is 0 Å². The molecule has 0 radical (unpaired) electrons. The van der Waals surface area contributed by atoms with E-state index in [4.69, 9.17) is 23.2 Å². The van der Waals surface area contributed by atoms with Crippen LogP contribution in [0.2, 0.25) is 0 Å². The molecule has 0 N–H and O–H groups in total. The second-order valence-corrected chi connectivity index (χ2v) is 12.7. The van der Waals surface area contributed by atoms with Gasteiger partial charge in [-0.05, 0) is 63.3 Å². The Morgan fingerprint density at radius 3 is 1.64 bits per heavy atom. The lowest BCUT2D eigenvalue weighted by Gasteiger charge is -2.17. The van der Waals surface area contributed by atoms with E-state index in [-0.39, 0.29) is 27.6 Å². The minimum atomic E-state index is -0.514. The molecule has 8 aromatic carbocycles. The van der Waals surface area contributed by atoms with Crippen LogP contribution in [0.25, 0.3) is 94.7 Å². The van der Waals surface area contributed by atoms with Crippen molar-refractivity contribution >= 4 is 32.6 Å². The topological polar surface area (TPSA) is 43.6 Å². The van der Waals surface area contributed by atoms with E-state index >= 15 is 0 Å². The first-order valence-corrected chi connectivity index (χ1v) is 17.2. The van der Waals surface area contributed by atoms with Crippen molar-refractivity contribution < 1.29 is 11.0 Å². The summed E-state index contributed by atoms with van der Waals surface area (Å²) in [4.78, 5) is 15.2. The van der Waals surface area contributed by atoms with Crippen LogP contribution in [0.3, 0.4) is 0 Å². The lowest BCUT2D eigenvalue weighted by Crippen LogP contribution is -2.04. The number of para-hydroxylation sites is 2. The van der Waals surface area contributed by atoms with Crippen molar-refractivity contribution in [1.82, 2.24) is 19.5 Å². The van der Waals surface area contributed by atoms with Crippen LogP contribution < -0.4 is 0 Å². The van der Waals surface area contributed by atoms with E-state index in [1.54, 1.807) is 0 Å². The molecule has 0 aliphatic rings. The molecule has 0 saturated heterocycles. The minimum absolute atomic E-state index is 0.00366. The molecule has 53 heavy (non-hydrogen) atoms. The number of rotatable bonds is 6. The second-order valence-electron chi connectivity index (χ2n) is 12.7. The number of hydrogen-bond acceptors (Lipinski definition) is 3. The van der Waals surface area contributed by atoms with Gasteiger partial charge in [0, 0.05) is 27.5 Å². The Morgan fingerprint density at radius 1 is 0.377 bits per heavy atom. The molecule has 0 aliphatic heterocycles. The normalized spacial score (nSPS) is 13.5. The van der Waals surface area contributed by atoms with E-state index in [1.807, 2.05) is 140 Å². The summed E-state index contributed by atoms with van der Waals surface area (Å²) in [5.74, 6) is 1.04. The molecule has 0 unspecified atom stereocenters. The van der Waals surface area contributed by atoms with Crippen molar-refractivity contribution in [3.63, 3.8) is 0 Å². The van der Waals surface area contributed by atoms with Crippen LogP contribution in [-0.2, 0) is 0 Å². The van der Waals surface area contributed by atoms with Gasteiger partial charge in [0.05, 0.1) is 27.7 Å². The first kappa shape index (κ1) is 23.3. The smallest absolute Gasteiger partial charge is 0.166 e. The van der Waals surface area contributed by atoms with Crippen LogP contribution in [0.1, 0.15) is 11.0 Å². The van der Waals surface area contributed by atoms with Crippen LogP contribution in [-0.4, -0.2) is 19.5 Å². The lowest BCUT2D eigenvalue weighted by atomic mass is 9.97. The van der Waals surface area contributed by atoms with Crippen LogP contribution in [0.5, 0.6) is 0 Å². The highest BCUT2D eigenvalue weighted by Crippen LogP contribution is 2.39. The van der Waals surface area contributed by atoms with Crippen molar-refractivity contribution in [2.45, 2.75) is 0 Å². The average molecular weight is 685 g/mol. The van der Waals surface area contributed by atoms with Gasteiger partial charge in [-0.2, -0.15) is 0 Å². The Balaban J connectivity index is 1.35. The Labute approximate surface area is 318 Å². The molecule has 0 spiro atoms. The molecule has 0 aliphatic carbocycles. The summed E-state index contributed by atoms with van der Waals surface area (Å²) < 4.78 is 73.2. The van der Waals surface area contributed by atoms with Crippen molar-refractivity contribution in [2.75, 3.05) is 0 Å². The fourth-order valence-electron chi connectivity index (χ4n) is 7.01. The van der Waals surface area contributed by atoms with Gasteiger partial charge in [-0.1, -0.05) is 164 Å². The van der Waals surface area contributed by atoms with E-state index in [0.717, 1.165) is 44.2 Å². The average Bonchev–Trinajstić information content (AvgIpc) is 3.68. The molecule has 10 rings (SSSR count). The molecule has 0 saturated carbocycles. The van der Waals surface area contributed by atoms with E-state index in [0.29, 0.717) is 22.9 Å². The zero-order chi connectivity index (χ0) is 42.1. The highest BCUT2D eigenvalue weighted by atomic mass is 15.1. The van der Waals surface area contributed by atoms with Crippen LogP contribution in [0.4, 0.5) is 0 Å². The molecule has 2 aromatic heterocycles. The molecule has 4 nitrogen and oxygen atoms in total. The third-order valence-electron chi connectivity index (χ3n) is 9.51. The molecule has 0 amide bonds. The predicted molar refractivity (Wildman–Crippen MR) is 219 cm³/mol. The minimum Gasteiger partial charge on any atom is -0.308 e. The summed E-state index contributed by atoms with van der Waals surface area (Å²) in [6.45, 7) is 0. The number of nitrogens with zero attached hydrogens (tertiary/aromatic N) is 4. The summed E-state index contributed by atoms with van der Waals surface area (Å²) in [7, 11) is 0. The largest absolute Gasteiger partial charge is 0.308 e. The van der Waals surface area contributed by atoms with Gasteiger partial charge < -0.3 is 4.57 Å². The van der Waals surface area contributed by atoms with Gasteiger partial charge in [-0.3, -0.25) is 0 Å². The molecule has 2 heterocycles. The zero-order valence-corrected chi connectivity index (χ0v) is 28.1. The molecular formula is C49H32N4. The van der Waals surface area contributed by atoms with Crippen molar-refractivity contribution in [3.8, 4) is 62.1 Å². The Bertz CT molecular complexity index is 3330. The molecule has 0 atom stereocenters. The van der Waals surface area contributed by atoms with Crippen LogP contribution >= 0.6 is 0 Å². The van der Waals surface area contributed by atoms with Crippen LogP contribution in [0.15, 0.2) is 194 Å². The predicted octanol–water partition coefficient (Wildman–Crippen LogP) is 12.5. The SMILES string of the molecule is [2H]c1c([2H])c([2H])c2c(c1[2H])c1c([2H])c([2H])c([2H])c([2H])c1n2-c1cc(-c2cccc(-c3ccccc3)c2)ccc1-c1nc(-c2ccccc2)nc(-c2cccc3ccccc23)n1. The fraction of sp³-hybridized carbons (Fsp3) is 0. The first-order chi connectivity index (χ1) is 29.6. The molecule has 0 bridgehead atoms. The standard InChI is InChI=1S/C49H32N4/c1-3-15-33(16-4-1)36-21-13-22-37(31-36)38-29-30-43(46(32-38)53-44-27-11-9-24-40(44)41-25-10-12-28-45(41)53)49-51-47(35-18-5-2-6-19-35)50-48(52-49)42-26-14-20-34-17-7-8-23-39(34)42/h1-32H/i9D,10D,11D,12D,24D,25D,27D,28D. The highest BCUT2D eigenvalue weighted by molar-refractivity contribution is 6.10. The second kappa shape index (κ2) is 12.9. The first-order valence-electron chi connectivity index (χ1n) is 21.2. The Hall–Kier alpha value is -7.17. The number of aromatic nitrogens is 4. The summed E-state index contributed by atoms with van der Waals surface area (Å²) >= 11 is 0. The lowest BCUT2D eigenvalue weighted by molar-refractivity contribution is 1.07. The summed E-state index contributed by atoms with van der Waals surface area (Å²) in [6, 6.07) is 43.4. The molecule has 10 aromatic rings. The summed E-state index contributed by atoms with van der Waals surface area (Å²) in [6.07, 6.45) is 0. The monoisotopic (exact) mass is 684 g/mol. The van der Waals surface area contributed by atoms with Crippen molar-refractivity contribution in [2.24, 2.45) is 0 Å². The fourth-order valence-corrected chi connectivity index (χ4v) is 7.01. The third kappa shape index (κ3) is 5.45.